The number of nitrogens with zero attached hydrogens (tertiary/aromatic N) is 1. The van der Waals surface area contributed by atoms with Crippen LogP contribution in [0.5, 0.6) is 0 Å². The Morgan fingerprint density at radius 2 is 2.36 bits per heavy atom. The van der Waals surface area contributed by atoms with Crippen LogP contribution >= 0.6 is 28.1 Å². The summed E-state index contributed by atoms with van der Waals surface area (Å²) < 4.78 is 6.98. The molecule has 0 saturated heterocycles. The Labute approximate surface area is 97.0 Å². The summed E-state index contributed by atoms with van der Waals surface area (Å²) in [6, 6.07) is 0. The molecule has 0 bridgehead atoms. The first-order valence-corrected chi connectivity index (χ1v) is 5.75. The van der Waals surface area contributed by atoms with Crippen molar-refractivity contribution in [1.29, 1.82) is 0 Å². The van der Waals surface area contributed by atoms with Gasteiger partial charge in [-0.3, -0.25) is 0 Å². The molecule has 0 aliphatic carbocycles. The fourth-order valence-electron chi connectivity index (χ4n) is 1.15. The van der Waals surface area contributed by atoms with Gasteiger partial charge in [-0.15, -0.1) is 0 Å². The zero-order chi connectivity index (χ0) is 10.6. The SMILES string of the molecule is CCOC(CC)c1ncc(Br)c(=S)[nH]1. The van der Waals surface area contributed by atoms with Gasteiger partial charge in [0.1, 0.15) is 16.6 Å². The maximum atomic E-state index is 5.52. The second-order valence-electron chi connectivity index (χ2n) is 2.80. The molecule has 3 nitrogen and oxygen atoms in total. The quantitative estimate of drug-likeness (QED) is 0.857. The molecule has 1 aromatic rings. The Morgan fingerprint density at radius 1 is 1.64 bits per heavy atom. The van der Waals surface area contributed by atoms with E-state index in [2.05, 4.69) is 32.8 Å². The van der Waals surface area contributed by atoms with Crippen LogP contribution < -0.4 is 0 Å². The molecule has 0 spiro atoms. The van der Waals surface area contributed by atoms with Crippen LogP contribution in [0.2, 0.25) is 0 Å². The summed E-state index contributed by atoms with van der Waals surface area (Å²) in [5, 5.41) is 0. The minimum Gasteiger partial charge on any atom is -0.371 e. The van der Waals surface area contributed by atoms with E-state index in [1.54, 1.807) is 6.20 Å². The first kappa shape index (κ1) is 11.8. The van der Waals surface area contributed by atoms with Gasteiger partial charge in [-0.2, -0.15) is 0 Å². The molecule has 14 heavy (non-hydrogen) atoms. The molecule has 5 heteroatoms. The Balaban J connectivity index is 2.93. The van der Waals surface area contributed by atoms with E-state index >= 15 is 0 Å². The highest BCUT2D eigenvalue weighted by Crippen LogP contribution is 2.18. The number of aromatic amines is 1. The lowest BCUT2D eigenvalue weighted by Gasteiger charge is -2.13. The van der Waals surface area contributed by atoms with Gasteiger partial charge in [-0.05, 0) is 29.3 Å². The number of H-pyrrole nitrogens is 1. The first-order chi connectivity index (χ1) is 6.69. The molecule has 0 radical (unpaired) electrons. The Hall–Kier alpha value is -0.260. The van der Waals surface area contributed by atoms with Gasteiger partial charge in [0.2, 0.25) is 0 Å². The van der Waals surface area contributed by atoms with Gasteiger partial charge in [0, 0.05) is 12.8 Å². The summed E-state index contributed by atoms with van der Waals surface area (Å²) in [7, 11) is 0. The zero-order valence-electron chi connectivity index (χ0n) is 8.21. The van der Waals surface area contributed by atoms with Crippen LogP contribution in [0.3, 0.4) is 0 Å². The van der Waals surface area contributed by atoms with Crippen LogP contribution in [0.1, 0.15) is 32.2 Å². The summed E-state index contributed by atoms with van der Waals surface area (Å²) in [6.07, 6.45) is 2.60. The standard InChI is InChI=1S/C9H13BrN2OS/c1-3-7(13-4-2)8-11-5-6(10)9(14)12-8/h5,7H,3-4H2,1-2H3,(H,11,12,14). The molecule has 1 aromatic heterocycles. The summed E-state index contributed by atoms with van der Waals surface area (Å²) >= 11 is 8.39. The molecule has 78 valence electrons. The molecule has 0 saturated carbocycles. The van der Waals surface area contributed by atoms with E-state index in [9.17, 15) is 0 Å². The minimum atomic E-state index is 0.00907. The third-order valence-electron chi connectivity index (χ3n) is 1.82. The van der Waals surface area contributed by atoms with Gasteiger partial charge in [-0.25, -0.2) is 4.98 Å². The van der Waals surface area contributed by atoms with Crippen molar-refractivity contribution in [2.45, 2.75) is 26.4 Å². The van der Waals surface area contributed by atoms with Crippen LogP contribution in [0.15, 0.2) is 10.7 Å². The fourth-order valence-corrected chi connectivity index (χ4v) is 1.51. The van der Waals surface area contributed by atoms with Gasteiger partial charge < -0.3 is 9.72 Å². The van der Waals surface area contributed by atoms with Crippen molar-refractivity contribution in [2.75, 3.05) is 6.61 Å². The average molecular weight is 277 g/mol. The van der Waals surface area contributed by atoms with Crippen molar-refractivity contribution in [3.8, 4) is 0 Å². The largest absolute Gasteiger partial charge is 0.371 e. The molecule has 0 aliphatic rings. The Morgan fingerprint density at radius 3 is 2.86 bits per heavy atom. The van der Waals surface area contributed by atoms with Crippen molar-refractivity contribution >= 4 is 28.1 Å². The monoisotopic (exact) mass is 276 g/mol. The number of rotatable bonds is 4. The smallest absolute Gasteiger partial charge is 0.136 e. The van der Waals surface area contributed by atoms with E-state index in [1.807, 2.05) is 6.92 Å². The highest BCUT2D eigenvalue weighted by atomic mass is 79.9. The topological polar surface area (TPSA) is 37.9 Å². The summed E-state index contributed by atoms with van der Waals surface area (Å²) in [5.74, 6) is 0.794. The normalized spacial score (nSPS) is 12.8. The van der Waals surface area contributed by atoms with Gasteiger partial charge >= 0.3 is 0 Å². The van der Waals surface area contributed by atoms with Gasteiger partial charge in [0.05, 0.1) is 4.47 Å². The van der Waals surface area contributed by atoms with Crippen LogP contribution in [-0.2, 0) is 4.74 Å². The molecule has 0 amide bonds. The molecule has 0 aliphatic heterocycles. The van der Waals surface area contributed by atoms with E-state index < -0.39 is 0 Å². The Kier molecular flexibility index (Phi) is 4.71. The maximum Gasteiger partial charge on any atom is 0.136 e. The van der Waals surface area contributed by atoms with Crippen molar-refractivity contribution in [1.82, 2.24) is 9.97 Å². The predicted molar refractivity (Wildman–Crippen MR) is 61.8 cm³/mol. The highest BCUT2D eigenvalue weighted by Gasteiger charge is 2.11. The van der Waals surface area contributed by atoms with Gasteiger partial charge in [0.25, 0.3) is 0 Å². The fraction of sp³-hybridized carbons (Fsp3) is 0.556. The molecule has 1 unspecified atom stereocenters. The third-order valence-corrected chi connectivity index (χ3v) is 3.00. The molecule has 1 heterocycles. The van der Waals surface area contributed by atoms with Crippen molar-refractivity contribution in [3.05, 3.63) is 21.1 Å². The molecule has 1 rings (SSSR count). The minimum absolute atomic E-state index is 0.00907. The van der Waals surface area contributed by atoms with Gasteiger partial charge in [-0.1, -0.05) is 19.1 Å². The molecular weight excluding hydrogens is 264 g/mol. The van der Waals surface area contributed by atoms with E-state index in [4.69, 9.17) is 17.0 Å². The molecular formula is C9H13BrN2OS. The molecule has 1 N–H and O–H groups in total. The average Bonchev–Trinajstić information content (AvgIpc) is 2.19. The summed E-state index contributed by atoms with van der Waals surface area (Å²) in [4.78, 5) is 7.28. The number of halogens is 1. The molecule has 1 atom stereocenters. The first-order valence-electron chi connectivity index (χ1n) is 4.55. The van der Waals surface area contributed by atoms with E-state index in [0.29, 0.717) is 11.2 Å². The third kappa shape index (κ3) is 2.87. The van der Waals surface area contributed by atoms with Crippen LogP contribution in [0, 0.1) is 4.64 Å². The van der Waals surface area contributed by atoms with E-state index in [1.165, 1.54) is 0 Å². The van der Waals surface area contributed by atoms with E-state index in [0.717, 1.165) is 16.7 Å². The number of hydrogen-bond donors (Lipinski definition) is 1. The molecule has 0 fully saturated rings. The second kappa shape index (κ2) is 5.58. The van der Waals surface area contributed by atoms with Crippen molar-refractivity contribution in [3.63, 3.8) is 0 Å². The van der Waals surface area contributed by atoms with Crippen LogP contribution in [-0.4, -0.2) is 16.6 Å². The number of nitrogens with one attached hydrogen (secondary N) is 1. The van der Waals surface area contributed by atoms with E-state index in [-0.39, 0.29) is 6.10 Å². The molecule has 0 aromatic carbocycles. The zero-order valence-corrected chi connectivity index (χ0v) is 10.6. The summed E-state index contributed by atoms with van der Waals surface area (Å²) in [5.41, 5.74) is 0. The van der Waals surface area contributed by atoms with Crippen LogP contribution in [0.4, 0.5) is 0 Å². The van der Waals surface area contributed by atoms with Gasteiger partial charge in [0.15, 0.2) is 0 Å². The second-order valence-corrected chi connectivity index (χ2v) is 4.06. The number of aromatic nitrogens is 2. The lowest BCUT2D eigenvalue weighted by atomic mass is 10.2. The summed E-state index contributed by atoms with van der Waals surface area (Å²) in [6.45, 7) is 4.70. The number of ether oxygens (including phenoxy) is 1. The van der Waals surface area contributed by atoms with Crippen molar-refractivity contribution < 1.29 is 4.74 Å². The lowest BCUT2D eigenvalue weighted by molar-refractivity contribution is 0.0533. The number of hydrogen-bond acceptors (Lipinski definition) is 3. The lowest BCUT2D eigenvalue weighted by Crippen LogP contribution is -2.07. The highest BCUT2D eigenvalue weighted by molar-refractivity contribution is 9.10. The Bertz CT molecular complexity index is 353. The van der Waals surface area contributed by atoms with Crippen molar-refractivity contribution in [2.24, 2.45) is 0 Å². The van der Waals surface area contributed by atoms with Crippen LogP contribution in [0.25, 0.3) is 0 Å². The maximum absolute atomic E-state index is 5.52. The predicted octanol–water partition coefficient (Wildman–Crippen LogP) is 3.39.